The van der Waals surface area contributed by atoms with Gasteiger partial charge in [0.1, 0.15) is 12.4 Å². The third-order valence-electron chi connectivity index (χ3n) is 3.46. The highest BCUT2D eigenvalue weighted by molar-refractivity contribution is 8.01. The Hall–Kier alpha value is -2.12. The van der Waals surface area contributed by atoms with Gasteiger partial charge in [0.05, 0.1) is 17.7 Å². The molecule has 0 aliphatic heterocycles. The Morgan fingerprint density at radius 2 is 2.11 bits per heavy atom. The number of anilines is 1. The minimum Gasteiger partial charge on any atom is -0.491 e. The van der Waals surface area contributed by atoms with Gasteiger partial charge in [-0.05, 0) is 42.1 Å². The molecule has 2 heterocycles. The summed E-state index contributed by atoms with van der Waals surface area (Å²) >= 11 is 4.69. The van der Waals surface area contributed by atoms with Crippen molar-refractivity contribution in [1.29, 1.82) is 5.26 Å². The third kappa shape index (κ3) is 6.52. The van der Waals surface area contributed by atoms with Crippen LogP contribution in [0, 0.1) is 11.3 Å². The molecule has 1 unspecified atom stereocenters. The summed E-state index contributed by atoms with van der Waals surface area (Å²) in [7, 11) is 0. The largest absolute Gasteiger partial charge is 0.491 e. The molecule has 2 N–H and O–H groups in total. The molecule has 0 amide bonds. The van der Waals surface area contributed by atoms with Crippen LogP contribution in [-0.4, -0.2) is 40.3 Å². The summed E-state index contributed by atoms with van der Waals surface area (Å²) < 4.78 is 6.34. The number of aliphatic hydroxyl groups is 1. The molecular formula is C18H18N4O2S3. The predicted octanol–water partition coefficient (Wildman–Crippen LogP) is 3.66. The van der Waals surface area contributed by atoms with Crippen LogP contribution in [0.2, 0.25) is 0 Å². The third-order valence-corrected chi connectivity index (χ3v) is 6.55. The van der Waals surface area contributed by atoms with Gasteiger partial charge in [0.15, 0.2) is 4.34 Å². The molecule has 0 aliphatic carbocycles. The van der Waals surface area contributed by atoms with Crippen molar-refractivity contribution < 1.29 is 9.84 Å². The molecule has 3 rings (SSSR count). The Bertz CT molecular complexity index is 860. The second-order valence-electron chi connectivity index (χ2n) is 5.54. The quantitative estimate of drug-likeness (QED) is 0.486. The second kappa shape index (κ2) is 10.3. The lowest BCUT2D eigenvalue weighted by Crippen LogP contribution is -2.20. The molecule has 1 atom stereocenters. The first-order valence-electron chi connectivity index (χ1n) is 8.26. The number of aliphatic hydroxyl groups excluding tert-OH is 1. The van der Waals surface area contributed by atoms with E-state index in [9.17, 15) is 5.11 Å². The molecule has 0 fully saturated rings. The molecular weight excluding hydrogens is 400 g/mol. The average Bonchev–Trinajstić information content (AvgIpc) is 3.37. The molecule has 0 bridgehead atoms. The van der Waals surface area contributed by atoms with Gasteiger partial charge in [-0.15, -0.1) is 21.5 Å². The fourth-order valence-corrected chi connectivity index (χ4v) is 4.54. The predicted molar refractivity (Wildman–Crippen MR) is 110 cm³/mol. The van der Waals surface area contributed by atoms with Crippen molar-refractivity contribution in [3.05, 3.63) is 52.2 Å². The Kier molecular flexibility index (Phi) is 7.47. The minimum absolute atomic E-state index is 0.184. The number of thioether (sulfide) groups is 1. The van der Waals surface area contributed by atoms with Gasteiger partial charge < -0.3 is 15.2 Å². The number of rotatable bonds is 10. The zero-order valence-electron chi connectivity index (χ0n) is 14.4. The fraction of sp³-hybridized carbons (Fsp3) is 0.278. The van der Waals surface area contributed by atoms with Crippen LogP contribution in [0.1, 0.15) is 10.4 Å². The average molecular weight is 419 g/mol. The maximum absolute atomic E-state index is 10.1. The molecule has 9 heteroatoms. The molecule has 6 nitrogen and oxygen atoms in total. The molecule has 27 heavy (non-hydrogen) atoms. The number of ether oxygens (including phenoxy) is 1. The molecule has 140 valence electrons. The second-order valence-corrected chi connectivity index (χ2v) is 8.82. The highest BCUT2D eigenvalue weighted by Crippen LogP contribution is 2.26. The Morgan fingerprint density at radius 1 is 1.26 bits per heavy atom. The van der Waals surface area contributed by atoms with Gasteiger partial charge in [-0.3, -0.25) is 0 Å². The molecule has 0 aliphatic rings. The number of thiophene rings is 1. The number of hydrogen-bond acceptors (Lipinski definition) is 9. The zero-order valence-corrected chi connectivity index (χ0v) is 16.8. The van der Waals surface area contributed by atoms with Crippen molar-refractivity contribution in [2.24, 2.45) is 0 Å². The molecule has 2 aromatic heterocycles. The lowest BCUT2D eigenvalue weighted by Gasteiger charge is -2.11. The van der Waals surface area contributed by atoms with E-state index in [1.165, 1.54) is 28.0 Å². The van der Waals surface area contributed by atoms with Crippen LogP contribution < -0.4 is 10.1 Å². The first-order valence-corrected chi connectivity index (χ1v) is 10.9. The highest BCUT2D eigenvalue weighted by Gasteiger charge is 2.10. The van der Waals surface area contributed by atoms with E-state index in [1.54, 1.807) is 35.6 Å². The van der Waals surface area contributed by atoms with Crippen LogP contribution in [-0.2, 0) is 6.42 Å². The van der Waals surface area contributed by atoms with Gasteiger partial charge in [0.25, 0.3) is 0 Å². The summed E-state index contributed by atoms with van der Waals surface area (Å²) in [6.07, 6.45) is 0.343. The maximum Gasteiger partial charge on any atom is 0.206 e. The SMILES string of the molecule is N#Cc1ccc(OCC(O)CSc2nnc(NCCc3cccs3)s2)cc1. The monoisotopic (exact) mass is 418 g/mol. The Morgan fingerprint density at radius 3 is 2.85 bits per heavy atom. The number of nitrogens with one attached hydrogen (secondary N) is 1. The number of benzene rings is 1. The van der Waals surface area contributed by atoms with Crippen molar-refractivity contribution in [3.63, 3.8) is 0 Å². The maximum atomic E-state index is 10.1. The molecule has 0 saturated carbocycles. The fourth-order valence-electron chi connectivity index (χ4n) is 2.12. The summed E-state index contributed by atoms with van der Waals surface area (Å²) in [4.78, 5) is 1.34. The van der Waals surface area contributed by atoms with E-state index in [1.807, 2.05) is 0 Å². The standard InChI is InChI=1S/C18H18N4O2S3/c19-10-13-3-5-15(6-4-13)24-11-14(23)12-26-18-22-21-17(27-18)20-8-7-16-2-1-9-25-16/h1-6,9,14,23H,7-8,11-12H2,(H,20,21). The van der Waals surface area contributed by atoms with Crippen LogP contribution >= 0.6 is 34.4 Å². The number of nitriles is 1. The first-order chi connectivity index (χ1) is 13.2. The number of aromatic nitrogens is 2. The molecule has 0 saturated heterocycles. The van der Waals surface area contributed by atoms with E-state index < -0.39 is 6.10 Å². The minimum atomic E-state index is -0.621. The van der Waals surface area contributed by atoms with Gasteiger partial charge in [0.2, 0.25) is 5.13 Å². The lowest BCUT2D eigenvalue weighted by atomic mass is 10.2. The summed E-state index contributed by atoms with van der Waals surface area (Å²) in [6, 6.07) is 13.0. The van der Waals surface area contributed by atoms with Gasteiger partial charge >= 0.3 is 0 Å². The van der Waals surface area contributed by atoms with E-state index in [-0.39, 0.29) is 6.61 Å². The summed E-state index contributed by atoms with van der Waals surface area (Å²) in [5, 5.41) is 33.2. The van der Waals surface area contributed by atoms with Crippen LogP contribution in [0.5, 0.6) is 5.75 Å². The molecule has 1 aromatic carbocycles. The van der Waals surface area contributed by atoms with Crippen molar-refractivity contribution in [2.75, 3.05) is 24.2 Å². The van der Waals surface area contributed by atoms with Crippen LogP contribution in [0.25, 0.3) is 0 Å². The van der Waals surface area contributed by atoms with Gasteiger partial charge in [0, 0.05) is 17.2 Å². The summed E-state index contributed by atoms with van der Waals surface area (Å²) in [5.74, 6) is 1.10. The van der Waals surface area contributed by atoms with Crippen molar-refractivity contribution in [3.8, 4) is 11.8 Å². The number of hydrogen-bond donors (Lipinski definition) is 2. The summed E-state index contributed by atoms with van der Waals surface area (Å²) in [5.41, 5.74) is 0.578. The van der Waals surface area contributed by atoms with Gasteiger partial charge in [-0.25, -0.2) is 0 Å². The Balaban J connectivity index is 1.35. The highest BCUT2D eigenvalue weighted by atomic mass is 32.2. The van der Waals surface area contributed by atoms with Crippen LogP contribution in [0.15, 0.2) is 46.1 Å². The summed E-state index contributed by atoms with van der Waals surface area (Å²) in [6.45, 7) is 1.00. The zero-order chi connectivity index (χ0) is 18.9. The smallest absolute Gasteiger partial charge is 0.206 e. The molecule has 0 spiro atoms. The normalized spacial score (nSPS) is 11.7. The van der Waals surface area contributed by atoms with E-state index in [4.69, 9.17) is 10.00 Å². The number of nitrogens with zero attached hydrogens (tertiary/aromatic N) is 3. The van der Waals surface area contributed by atoms with Gasteiger partial charge in [-0.1, -0.05) is 29.2 Å². The first kappa shape index (κ1) is 19.6. The van der Waals surface area contributed by atoms with E-state index in [0.29, 0.717) is 17.1 Å². The van der Waals surface area contributed by atoms with Crippen LogP contribution in [0.3, 0.4) is 0 Å². The van der Waals surface area contributed by atoms with E-state index in [2.05, 4.69) is 39.1 Å². The van der Waals surface area contributed by atoms with Crippen molar-refractivity contribution >= 4 is 39.6 Å². The Labute approximate surface area is 169 Å². The molecule has 3 aromatic rings. The van der Waals surface area contributed by atoms with E-state index >= 15 is 0 Å². The van der Waals surface area contributed by atoms with E-state index in [0.717, 1.165) is 22.4 Å². The topological polar surface area (TPSA) is 91.1 Å². The lowest BCUT2D eigenvalue weighted by molar-refractivity contribution is 0.126. The van der Waals surface area contributed by atoms with Crippen molar-refractivity contribution in [2.45, 2.75) is 16.9 Å². The molecule has 0 radical (unpaired) electrons. The van der Waals surface area contributed by atoms with Crippen molar-refractivity contribution in [1.82, 2.24) is 10.2 Å². The van der Waals surface area contributed by atoms with Crippen LogP contribution in [0.4, 0.5) is 5.13 Å². The van der Waals surface area contributed by atoms with Gasteiger partial charge in [-0.2, -0.15) is 5.26 Å².